The van der Waals surface area contributed by atoms with Crippen molar-refractivity contribution in [3.8, 4) is 0 Å². The summed E-state index contributed by atoms with van der Waals surface area (Å²) in [6, 6.07) is 7.04. The molecule has 1 atom stereocenters. The predicted molar refractivity (Wildman–Crippen MR) is 96.2 cm³/mol. The number of carbonyl (C=O) groups is 1. The molecule has 1 fully saturated rings. The van der Waals surface area contributed by atoms with E-state index in [4.69, 9.17) is 4.42 Å². The van der Waals surface area contributed by atoms with Crippen molar-refractivity contribution in [1.29, 1.82) is 0 Å². The molecule has 26 heavy (non-hydrogen) atoms. The molecular formula is C19H20N4O3. The number of carbonyl (C=O) groups excluding carboxylic acids is 1. The van der Waals surface area contributed by atoms with E-state index in [1.165, 1.54) is 4.57 Å². The second kappa shape index (κ2) is 6.09. The zero-order valence-electron chi connectivity index (χ0n) is 15.0. The highest BCUT2D eigenvalue weighted by molar-refractivity contribution is 5.97. The van der Waals surface area contributed by atoms with Gasteiger partial charge in [0, 0.05) is 43.0 Å². The highest BCUT2D eigenvalue weighted by atomic mass is 16.4. The number of rotatable bonds is 2. The minimum absolute atomic E-state index is 0.0487. The first kappa shape index (κ1) is 16.5. The van der Waals surface area contributed by atoms with Crippen molar-refractivity contribution < 1.29 is 9.21 Å². The Hall–Kier alpha value is -2.96. The molecule has 0 radical (unpaired) electrons. The quantitative estimate of drug-likeness (QED) is 0.706. The molecule has 0 spiro atoms. The zero-order chi connectivity index (χ0) is 18.4. The van der Waals surface area contributed by atoms with E-state index in [0.29, 0.717) is 29.8 Å². The highest BCUT2D eigenvalue weighted by Gasteiger charge is 2.30. The number of likely N-dealkylation sites (tertiary alicyclic amines) is 1. The van der Waals surface area contributed by atoms with Gasteiger partial charge in [0.05, 0.1) is 5.52 Å². The molecule has 7 heteroatoms. The maximum Gasteiger partial charge on any atom is 0.419 e. The Bertz CT molecular complexity index is 1050. The molecule has 3 aromatic rings. The average Bonchev–Trinajstić information content (AvgIpc) is 3.19. The largest absolute Gasteiger partial charge is 0.419 e. The summed E-state index contributed by atoms with van der Waals surface area (Å²) in [6.45, 7) is 5.19. The number of hydrogen-bond acceptors (Lipinski definition) is 5. The van der Waals surface area contributed by atoms with E-state index < -0.39 is 5.76 Å². The van der Waals surface area contributed by atoms with Crippen molar-refractivity contribution in [2.75, 3.05) is 13.1 Å². The Morgan fingerprint density at radius 1 is 1.19 bits per heavy atom. The number of amides is 1. The maximum atomic E-state index is 12.9. The molecule has 2 aromatic heterocycles. The summed E-state index contributed by atoms with van der Waals surface area (Å²) in [5.41, 5.74) is 3.55. The number of hydrogen-bond donors (Lipinski definition) is 0. The Balaban J connectivity index is 1.58. The van der Waals surface area contributed by atoms with Crippen LogP contribution in [0.1, 0.15) is 39.9 Å². The van der Waals surface area contributed by atoms with Crippen LogP contribution in [0.2, 0.25) is 0 Å². The first-order valence-corrected chi connectivity index (χ1v) is 8.63. The van der Waals surface area contributed by atoms with Gasteiger partial charge in [0.1, 0.15) is 5.82 Å². The van der Waals surface area contributed by atoms with Crippen LogP contribution in [0, 0.1) is 13.8 Å². The van der Waals surface area contributed by atoms with Gasteiger partial charge in [-0.25, -0.2) is 14.8 Å². The molecule has 1 saturated heterocycles. The molecule has 0 saturated carbocycles. The normalized spacial score (nSPS) is 17.2. The number of oxazole rings is 1. The van der Waals surface area contributed by atoms with Crippen LogP contribution in [-0.4, -0.2) is 38.4 Å². The van der Waals surface area contributed by atoms with Gasteiger partial charge in [0.2, 0.25) is 0 Å². The molecule has 0 aliphatic carbocycles. The van der Waals surface area contributed by atoms with Crippen molar-refractivity contribution in [3.63, 3.8) is 0 Å². The van der Waals surface area contributed by atoms with Crippen LogP contribution in [0.4, 0.5) is 0 Å². The number of fused-ring (bicyclic) bond motifs is 1. The Morgan fingerprint density at radius 2 is 1.92 bits per heavy atom. The highest BCUT2D eigenvalue weighted by Crippen LogP contribution is 2.27. The summed E-state index contributed by atoms with van der Waals surface area (Å²) in [4.78, 5) is 35.4. The number of nitrogens with zero attached hydrogens (tertiary/aromatic N) is 4. The summed E-state index contributed by atoms with van der Waals surface area (Å²) >= 11 is 0. The summed E-state index contributed by atoms with van der Waals surface area (Å²) in [5, 5.41) is 0. The Morgan fingerprint density at radius 3 is 2.65 bits per heavy atom. The SMILES string of the molecule is Cc1cc(C)nc(C2CCN(C(=O)c3ccc4oc(=O)n(C)c4c3)C2)n1. The van der Waals surface area contributed by atoms with Crippen molar-refractivity contribution in [2.24, 2.45) is 7.05 Å². The lowest BCUT2D eigenvalue weighted by molar-refractivity contribution is 0.0790. The molecular weight excluding hydrogens is 332 g/mol. The van der Waals surface area contributed by atoms with Gasteiger partial charge in [0.15, 0.2) is 5.58 Å². The molecule has 3 heterocycles. The predicted octanol–water partition coefficient (Wildman–Crippen LogP) is 2.17. The lowest BCUT2D eigenvalue weighted by Crippen LogP contribution is -2.28. The van der Waals surface area contributed by atoms with Gasteiger partial charge >= 0.3 is 5.76 Å². The number of aryl methyl sites for hydroxylation is 3. The van der Waals surface area contributed by atoms with Gasteiger partial charge in [-0.05, 0) is 44.5 Å². The van der Waals surface area contributed by atoms with E-state index >= 15 is 0 Å². The first-order valence-electron chi connectivity index (χ1n) is 8.63. The molecule has 1 unspecified atom stereocenters. The lowest BCUT2D eigenvalue weighted by Gasteiger charge is -2.16. The Labute approximate surface area is 150 Å². The van der Waals surface area contributed by atoms with Gasteiger partial charge in [0.25, 0.3) is 5.91 Å². The third-order valence-corrected chi connectivity index (χ3v) is 4.88. The fraction of sp³-hybridized carbons (Fsp3) is 0.368. The third kappa shape index (κ3) is 2.79. The molecule has 1 aliphatic rings. The summed E-state index contributed by atoms with van der Waals surface area (Å²) in [7, 11) is 1.63. The van der Waals surface area contributed by atoms with Crippen LogP contribution in [0.15, 0.2) is 33.5 Å². The van der Waals surface area contributed by atoms with E-state index in [-0.39, 0.29) is 11.8 Å². The van der Waals surface area contributed by atoms with Gasteiger partial charge in [-0.3, -0.25) is 9.36 Å². The average molecular weight is 352 g/mol. The molecule has 134 valence electrons. The van der Waals surface area contributed by atoms with Crippen LogP contribution in [0.25, 0.3) is 11.1 Å². The topological polar surface area (TPSA) is 81.2 Å². The first-order chi connectivity index (χ1) is 12.4. The van der Waals surface area contributed by atoms with Crippen LogP contribution in [0.5, 0.6) is 0 Å². The number of benzene rings is 1. The minimum Gasteiger partial charge on any atom is -0.408 e. The summed E-state index contributed by atoms with van der Waals surface area (Å²) in [6.07, 6.45) is 0.848. The van der Waals surface area contributed by atoms with Crippen molar-refractivity contribution in [2.45, 2.75) is 26.2 Å². The van der Waals surface area contributed by atoms with E-state index in [0.717, 1.165) is 23.6 Å². The van der Waals surface area contributed by atoms with Gasteiger partial charge in [-0.1, -0.05) is 0 Å². The number of aromatic nitrogens is 3. The van der Waals surface area contributed by atoms with Crippen LogP contribution >= 0.6 is 0 Å². The van der Waals surface area contributed by atoms with E-state index in [1.807, 2.05) is 24.8 Å². The van der Waals surface area contributed by atoms with Crippen molar-refractivity contribution >= 4 is 17.0 Å². The molecule has 1 aromatic carbocycles. The molecule has 7 nitrogen and oxygen atoms in total. The van der Waals surface area contributed by atoms with Gasteiger partial charge in [-0.15, -0.1) is 0 Å². The van der Waals surface area contributed by atoms with Gasteiger partial charge in [-0.2, -0.15) is 0 Å². The van der Waals surface area contributed by atoms with Crippen LogP contribution in [-0.2, 0) is 7.05 Å². The minimum atomic E-state index is -0.433. The Kier molecular flexibility index (Phi) is 3.86. The summed E-state index contributed by atoms with van der Waals surface area (Å²) in [5.74, 6) is 0.482. The van der Waals surface area contributed by atoms with Crippen molar-refractivity contribution in [3.05, 3.63) is 57.6 Å². The standard InChI is InChI=1S/C19H20N4O3/c1-11-8-12(2)21-17(20-11)14-6-7-23(10-14)18(24)13-4-5-16-15(9-13)22(3)19(25)26-16/h4-5,8-9,14H,6-7,10H2,1-3H3. The molecule has 1 amide bonds. The molecule has 0 bridgehead atoms. The molecule has 4 rings (SSSR count). The van der Waals surface area contributed by atoms with Crippen LogP contribution in [0.3, 0.4) is 0 Å². The molecule has 1 aliphatic heterocycles. The van der Waals surface area contributed by atoms with E-state index in [1.54, 1.807) is 25.2 Å². The zero-order valence-corrected chi connectivity index (χ0v) is 15.0. The maximum absolute atomic E-state index is 12.9. The van der Waals surface area contributed by atoms with Crippen LogP contribution < -0.4 is 5.76 Å². The van der Waals surface area contributed by atoms with Crippen molar-refractivity contribution in [1.82, 2.24) is 19.4 Å². The van der Waals surface area contributed by atoms with Gasteiger partial charge < -0.3 is 9.32 Å². The molecule has 0 N–H and O–H groups in total. The van der Waals surface area contributed by atoms with E-state index in [9.17, 15) is 9.59 Å². The van der Waals surface area contributed by atoms with E-state index in [2.05, 4.69) is 9.97 Å². The lowest BCUT2D eigenvalue weighted by atomic mass is 10.1. The fourth-order valence-electron chi connectivity index (χ4n) is 3.53. The second-order valence-corrected chi connectivity index (χ2v) is 6.86. The smallest absolute Gasteiger partial charge is 0.408 e. The fourth-order valence-corrected chi connectivity index (χ4v) is 3.53. The third-order valence-electron chi connectivity index (χ3n) is 4.88. The summed E-state index contributed by atoms with van der Waals surface area (Å²) < 4.78 is 6.53. The second-order valence-electron chi connectivity index (χ2n) is 6.86. The monoisotopic (exact) mass is 352 g/mol.